The van der Waals surface area contributed by atoms with Gasteiger partial charge >= 0.3 is 0 Å². The number of halogens is 1. The maximum atomic E-state index is 12.9. The summed E-state index contributed by atoms with van der Waals surface area (Å²) in [6.07, 6.45) is 0.940. The Morgan fingerprint density at radius 2 is 1.76 bits per heavy atom. The lowest BCUT2D eigenvalue weighted by atomic mass is 10.1. The molecule has 0 heterocycles. The van der Waals surface area contributed by atoms with Crippen LogP contribution in [0.1, 0.15) is 38.8 Å². The molecule has 0 aliphatic heterocycles. The third-order valence-corrected chi connectivity index (χ3v) is 4.77. The van der Waals surface area contributed by atoms with Crippen LogP contribution in [0.5, 0.6) is 5.75 Å². The van der Waals surface area contributed by atoms with Gasteiger partial charge in [0, 0.05) is 17.6 Å². The zero-order valence-corrected chi connectivity index (χ0v) is 18.2. The van der Waals surface area contributed by atoms with Gasteiger partial charge in [0.25, 0.3) is 5.91 Å². The Morgan fingerprint density at radius 1 is 1.07 bits per heavy atom. The molecule has 5 nitrogen and oxygen atoms in total. The van der Waals surface area contributed by atoms with Gasteiger partial charge in [0.1, 0.15) is 11.8 Å². The third-order valence-electron chi connectivity index (χ3n) is 4.53. The van der Waals surface area contributed by atoms with Crippen LogP contribution in [0.15, 0.2) is 48.5 Å². The lowest BCUT2D eigenvalue weighted by Crippen LogP contribution is -2.50. The molecule has 0 aliphatic carbocycles. The van der Waals surface area contributed by atoms with Gasteiger partial charge < -0.3 is 15.0 Å². The standard InChI is InChI=1S/C23H29ClN2O3/c1-5-18-9-11-21(12-10-18)29-15-22(27)26(17(4)23(28)25-16(2)3)14-19-7-6-8-20(24)13-19/h6-13,16-17H,5,14-15H2,1-4H3,(H,25,28). The maximum absolute atomic E-state index is 12.9. The molecular formula is C23H29ClN2O3. The maximum Gasteiger partial charge on any atom is 0.261 e. The number of hydrogen-bond donors (Lipinski definition) is 1. The monoisotopic (exact) mass is 416 g/mol. The van der Waals surface area contributed by atoms with Crippen LogP contribution in [0.2, 0.25) is 5.02 Å². The predicted molar refractivity (Wildman–Crippen MR) is 116 cm³/mol. The van der Waals surface area contributed by atoms with Crippen molar-refractivity contribution in [3.63, 3.8) is 0 Å². The normalized spacial score (nSPS) is 11.8. The molecule has 0 spiro atoms. The molecule has 1 atom stereocenters. The molecule has 2 rings (SSSR count). The van der Waals surface area contributed by atoms with E-state index in [1.54, 1.807) is 19.1 Å². The van der Waals surface area contributed by atoms with Crippen molar-refractivity contribution in [3.8, 4) is 5.75 Å². The summed E-state index contributed by atoms with van der Waals surface area (Å²) in [6.45, 7) is 7.69. The average Bonchev–Trinajstić information content (AvgIpc) is 2.69. The molecule has 156 valence electrons. The van der Waals surface area contributed by atoms with Crippen LogP contribution >= 0.6 is 11.6 Å². The van der Waals surface area contributed by atoms with Crippen LogP contribution in [0.4, 0.5) is 0 Å². The van der Waals surface area contributed by atoms with E-state index in [1.165, 1.54) is 10.5 Å². The highest BCUT2D eigenvalue weighted by Gasteiger charge is 2.26. The quantitative estimate of drug-likeness (QED) is 0.665. The zero-order chi connectivity index (χ0) is 21.4. The van der Waals surface area contributed by atoms with E-state index in [4.69, 9.17) is 16.3 Å². The predicted octanol–water partition coefficient (Wildman–Crippen LogP) is 4.22. The van der Waals surface area contributed by atoms with Gasteiger partial charge in [-0.25, -0.2) is 0 Å². The molecule has 0 aromatic heterocycles. The SMILES string of the molecule is CCc1ccc(OCC(=O)N(Cc2cccc(Cl)c2)C(C)C(=O)NC(C)C)cc1. The highest BCUT2D eigenvalue weighted by atomic mass is 35.5. The fourth-order valence-electron chi connectivity index (χ4n) is 2.87. The summed E-state index contributed by atoms with van der Waals surface area (Å²) < 4.78 is 5.67. The lowest BCUT2D eigenvalue weighted by molar-refractivity contribution is -0.142. The largest absolute Gasteiger partial charge is 0.484 e. The number of nitrogens with zero attached hydrogens (tertiary/aromatic N) is 1. The Kier molecular flexibility index (Phi) is 8.52. The first-order valence-electron chi connectivity index (χ1n) is 9.86. The summed E-state index contributed by atoms with van der Waals surface area (Å²) in [5.74, 6) is 0.149. The summed E-state index contributed by atoms with van der Waals surface area (Å²) in [5.41, 5.74) is 2.05. The third kappa shape index (κ3) is 7.09. The molecule has 0 aliphatic rings. The fourth-order valence-corrected chi connectivity index (χ4v) is 3.08. The van der Waals surface area contributed by atoms with Crippen LogP contribution < -0.4 is 10.1 Å². The van der Waals surface area contributed by atoms with Crippen molar-refractivity contribution in [2.24, 2.45) is 0 Å². The van der Waals surface area contributed by atoms with E-state index in [1.807, 2.05) is 50.2 Å². The number of benzene rings is 2. The van der Waals surface area contributed by atoms with Gasteiger partial charge in [-0.3, -0.25) is 9.59 Å². The number of amides is 2. The number of nitrogens with one attached hydrogen (secondary N) is 1. The van der Waals surface area contributed by atoms with Crippen molar-refractivity contribution >= 4 is 23.4 Å². The first kappa shape index (κ1) is 22.8. The van der Waals surface area contributed by atoms with Crippen LogP contribution in [0.25, 0.3) is 0 Å². The smallest absolute Gasteiger partial charge is 0.261 e. The number of carbonyl (C=O) groups is 2. The summed E-state index contributed by atoms with van der Waals surface area (Å²) in [5, 5.41) is 3.45. The Labute approximate surface area is 178 Å². The molecule has 2 amide bonds. The van der Waals surface area contributed by atoms with Crippen molar-refractivity contribution in [1.29, 1.82) is 0 Å². The van der Waals surface area contributed by atoms with E-state index in [2.05, 4.69) is 12.2 Å². The molecule has 1 unspecified atom stereocenters. The first-order valence-corrected chi connectivity index (χ1v) is 10.2. The van der Waals surface area contributed by atoms with Crippen LogP contribution in [0, 0.1) is 0 Å². The van der Waals surface area contributed by atoms with Crippen molar-refractivity contribution in [2.45, 2.75) is 52.7 Å². The number of carbonyl (C=O) groups excluding carboxylic acids is 2. The molecule has 0 bridgehead atoms. The molecule has 6 heteroatoms. The first-order chi connectivity index (χ1) is 13.8. The minimum atomic E-state index is -0.644. The molecule has 2 aromatic carbocycles. The van der Waals surface area contributed by atoms with Gasteiger partial charge in [-0.2, -0.15) is 0 Å². The van der Waals surface area contributed by atoms with Crippen molar-refractivity contribution in [2.75, 3.05) is 6.61 Å². The Balaban J connectivity index is 2.13. The van der Waals surface area contributed by atoms with E-state index in [-0.39, 0.29) is 31.0 Å². The van der Waals surface area contributed by atoms with E-state index in [9.17, 15) is 9.59 Å². The van der Waals surface area contributed by atoms with Crippen molar-refractivity contribution < 1.29 is 14.3 Å². The van der Waals surface area contributed by atoms with Gasteiger partial charge in [-0.15, -0.1) is 0 Å². The summed E-state index contributed by atoms with van der Waals surface area (Å²) in [7, 11) is 0. The average molecular weight is 417 g/mol. The summed E-state index contributed by atoms with van der Waals surface area (Å²) in [4.78, 5) is 27.0. The Hall–Kier alpha value is -2.53. The molecular weight excluding hydrogens is 388 g/mol. The molecule has 2 aromatic rings. The van der Waals surface area contributed by atoms with Crippen molar-refractivity contribution in [1.82, 2.24) is 10.2 Å². The highest BCUT2D eigenvalue weighted by Crippen LogP contribution is 2.16. The molecule has 29 heavy (non-hydrogen) atoms. The van der Waals surface area contributed by atoms with Gasteiger partial charge in [-0.05, 0) is 62.6 Å². The van der Waals surface area contributed by atoms with E-state index in [0.29, 0.717) is 10.8 Å². The molecule has 0 saturated heterocycles. The minimum absolute atomic E-state index is 0.0126. The molecule has 0 fully saturated rings. The molecule has 0 radical (unpaired) electrons. The zero-order valence-electron chi connectivity index (χ0n) is 17.4. The summed E-state index contributed by atoms with van der Waals surface area (Å²) >= 11 is 6.08. The van der Waals surface area contributed by atoms with Crippen LogP contribution in [-0.4, -0.2) is 35.4 Å². The number of hydrogen-bond acceptors (Lipinski definition) is 3. The molecule has 0 saturated carbocycles. The van der Waals surface area contributed by atoms with E-state index < -0.39 is 6.04 Å². The topological polar surface area (TPSA) is 58.6 Å². The fraction of sp³-hybridized carbons (Fsp3) is 0.391. The van der Waals surface area contributed by atoms with E-state index in [0.717, 1.165) is 12.0 Å². The summed E-state index contributed by atoms with van der Waals surface area (Å²) in [6, 6.07) is 14.3. The number of rotatable bonds is 9. The van der Waals surface area contributed by atoms with E-state index >= 15 is 0 Å². The van der Waals surface area contributed by atoms with Crippen molar-refractivity contribution in [3.05, 3.63) is 64.7 Å². The molecule has 1 N–H and O–H groups in total. The van der Waals surface area contributed by atoms with Crippen LogP contribution in [-0.2, 0) is 22.6 Å². The van der Waals surface area contributed by atoms with Gasteiger partial charge in [0.15, 0.2) is 6.61 Å². The minimum Gasteiger partial charge on any atom is -0.484 e. The van der Waals surface area contributed by atoms with Gasteiger partial charge in [0.2, 0.25) is 5.91 Å². The number of aryl methyl sites for hydroxylation is 1. The Bertz CT molecular complexity index is 821. The van der Waals surface area contributed by atoms with Gasteiger partial charge in [-0.1, -0.05) is 42.8 Å². The Morgan fingerprint density at radius 3 is 2.34 bits per heavy atom. The highest BCUT2D eigenvalue weighted by molar-refractivity contribution is 6.30. The van der Waals surface area contributed by atoms with Gasteiger partial charge in [0.05, 0.1) is 0 Å². The second-order valence-corrected chi connectivity index (χ2v) is 7.71. The van der Waals surface area contributed by atoms with Crippen LogP contribution in [0.3, 0.4) is 0 Å². The number of ether oxygens (including phenoxy) is 1. The second kappa shape index (κ2) is 10.9. The second-order valence-electron chi connectivity index (χ2n) is 7.28. The lowest BCUT2D eigenvalue weighted by Gasteiger charge is -2.29.